The van der Waals surface area contributed by atoms with Crippen molar-refractivity contribution in [3.8, 4) is 0 Å². The van der Waals surface area contributed by atoms with Crippen molar-refractivity contribution in [3.63, 3.8) is 0 Å². The highest BCUT2D eigenvalue weighted by Gasteiger charge is 2.23. The van der Waals surface area contributed by atoms with E-state index in [2.05, 4.69) is 58.5 Å². The third kappa shape index (κ3) is 4.16. The molecule has 2 aromatic rings. The summed E-state index contributed by atoms with van der Waals surface area (Å²) in [6, 6.07) is 13.9. The molecule has 4 rings (SSSR count). The van der Waals surface area contributed by atoms with E-state index < -0.39 is 0 Å². The lowest BCUT2D eigenvalue weighted by molar-refractivity contribution is 0.200. The average Bonchev–Trinajstić information content (AvgIpc) is 2.90. The number of hydrogen-bond acceptors (Lipinski definition) is 3. The van der Waals surface area contributed by atoms with Gasteiger partial charge < -0.3 is 10.2 Å². The summed E-state index contributed by atoms with van der Waals surface area (Å²) in [6.07, 6.45) is 8.17. The molecule has 0 radical (unpaired) electrons. The molecule has 1 N–H and O–H groups in total. The van der Waals surface area contributed by atoms with Crippen LogP contribution in [0.4, 0.5) is 0 Å². The second-order valence-corrected chi connectivity index (χ2v) is 7.99. The predicted molar refractivity (Wildman–Crippen MR) is 107 cm³/mol. The topological polar surface area (TPSA) is 28.2 Å². The van der Waals surface area contributed by atoms with Crippen molar-refractivity contribution in [2.75, 3.05) is 19.6 Å². The molecule has 2 aliphatic rings. The minimum Gasteiger partial charge on any atom is -0.308 e. The van der Waals surface area contributed by atoms with Gasteiger partial charge >= 0.3 is 0 Å². The Kier molecular flexibility index (Phi) is 5.66. The van der Waals surface area contributed by atoms with E-state index in [9.17, 15) is 0 Å². The monoisotopic (exact) mass is 349 g/mol. The fraction of sp³-hybridized carbons (Fsp3) is 0.522. The number of nitrogens with one attached hydrogen (secondary N) is 1. The van der Waals surface area contributed by atoms with E-state index >= 15 is 0 Å². The molecule has 138 valence electrons. The lowest BCUT2D eigenvalue weighted by Crippen LogP contribution is -2.37. The number of pyridine rings is 1. The van der Waals surface area contributed by atoms with E-state index in [0.717, 1.165) is 18.9 Å². The van der Waals surface area contributed by atoms with Gasteiger partial charge in [0.15, 0.2) is 0 Å². The van der Waals surface area contributed by atoms with Crippen molar-refractivity contribution >= 4 is 0 Å². The molecule has 1 saturated heterocycles. The van der Waals surface area contributed by atoms with Gasteiger partial charge in [-0.2, -0.15) is 0 Å². The van der Waals surface area contributed by atoms with Crippen LogP contribution in [0, 0.1) is 6.92 Å². The summed E-state index contributed by atoms with van der Waals surface area (Å²) < 4.78 is 0. The maximum Gasteiger partial charge on any atom is 0.0573 e. The number of aryl methyl sites for hydroxylation is 2. The van der Waals surface area contributed by atoms with Gasteiger partial charge in [0, 0.05) is 18.8 Å². The summed E-state index contributed by atoms with van der Waals surface area (Å²) in [5.74, 6) is 0.754. The molecule has 3 nitrogen and oxygen atoms in total. The Morgan fingerprint density at radius 3 is 2.77 bits per heavy atom. The van der Waals surface area contributed by atoms with Crippen LogP contribution in [-0.2, 0) is 13.0 Å². The Balaban J connectivity index is 1.24. The molecule has 3 heteroatoms. The Bertz CT molecular complexity index is 692. The molecule has 1 aromatic heterocycles. The number of hydrogen-bond donors (Lipinski definition) is 1. The van der Waals surface area contributed by atoms with Gasteiger partial charge in [0.25, 0.3) is 0 Å². The lowest BCUT2D eigenvalue weighted by atomic mass is 9.87. The van der Waals surface area contributed by atoms with Crippen LogP contribution in [0.15, 0.2) is 42.6 Å². The van der Waals surface area contributed by atoms with Crippen molar-refractivity contribution < 1.29 is 0 Å². The molecule has 0 spiro atoms. The molecule has 1 aromatic carbocycles. The lowest BCUT2D eigenvalue weighted by Gasteiger charge is -2.33. The predicted octanol–water partition coefficient (Wildman–Crippen LogP) is 4.06. The van der Waals surface area contributed by atoms with E-state index in [0.29, 0.717) is 6.04 Å². The van der Waals surface area contributed by atoms with Crippen molar-refractivity contribution in [1.82, 2.24) is 15.2 Å². The zero-order valence-electron chi connectivity index (χ0n) is 16.0. The summed E-state index contributed by atoms with van der Waals surface area (Å²) in [5, 5.41) is 3.73. The average molecular weight is 350 g/mol. The molecule has 0 bridgehead atoms. The number of piperidine rings is 1. The third-order valence-electron chi connectivity index (χ3n) is 6.31. The van der Waals surface area contributed by atoms with Crippen LogP contribution in [0.1, 0.15) is 54.0 Å². The first-order chi connectivity index (χ1) is 12.8. The van der Waals surface area contributed by atoms with Crippen LogP contribution in [0.2, 0.25) is 0 Å². The van der Waals surface area contributed by atoms with Crippen molar-refractivity contribution in [2.45, 2.75) is 57.5 Å². The van der Waals surface area contributed by atoms with Gasteiger partial charge in [-0.25, -0.2) is 0 Å². The number of likely N-dealkylation sites (tertiary alicyclic amines) is 1. The van der Waals surface area contributed by atoms with Crippen LogP contribution in [0.25, 0.3) is 0 Å². The van der Waals surface area contributed by atoms with E-state index in [1.54, 1.807) is 5.56 Å². The quantitative estimate of drug-likeness (QED) is 0.902. The Morgan fingerprint density at radius 2 is 1.92 bits per heavy atom. The molecule has 1 fully saturated rings. The van der Waals surface area contributed by atoms with Gasteiger partial charge in [0.2, 0.25) is 0 Å². The van der Waals surface area contributed by atoms with E-state index in [-0.39, 0.29) is 0 Å². The minimum absolute atomic E-state index is 0.623. The first-order valence-electron chi connectivity index (χ1n) is 10.2. The fourth-order valence-electron chi connectivity index (χ4n) is 4.63. The maximum absolute atomic E-state index is 4.53. The van der Waals surface area contributed by atoms with E-state index in [1.165, 1.54) is 62.1 Å². The van der Waals surface area contributed by atoms with Gasteiger partial charge in [-0.1, -0.05) is 30.3 Å². The van der Waals surface area contributed by atoms with E-state index in [1.807, 2.05) is 6.20 Å². The van der Waals surface area contributed by atoms with E-state index in [4.69, 9.17) is 0 Å². The van der Waals surface area contributed by atoms with Crippen molar-refractivity contribution in [2.24, 2.45) is 0 Å². The number of aromatic nitrogens is 1. The number of nitrogens with zero attached hydrogens (tertiary/aromatic N) is 2. The number of rotatable bonds is 4. The van der Waals surface area contributed by atoms with Gasteiger partial charge in [-0.05, 0) is 87.3 Å². The second-order valence-electron chi connectivity index (χ2n) is 7.99. The van der Waals surface area contributed by atoms with Crippen LogP contribution < -0.4 is 5.32 Å². The van der Waals surface area contributed by atoms with Crippen LogP contribution in [-0.4, -0.2) is 35.6 Å². The number of fused-ring (bicyclic) bond motifs is 1. The summed E-state index contributed by atoms with van der Waals surface area (Å²) in [5.41, 5.74) is 5.71. The molecule has 3 heterocycles. The molecule has 0 aliphatic carbocycles. The Hall–Kier alpha value is -1.71. The van der Waals surface area contributed by atoms with Crippen LogP contribution in [0.3, 0.4) is 0 Å². The normalized spacial score (nSPS) is 22.0. The molecule has 1 atom stereocenters. The summed E-state index contributed by atoms with van der Waals surface area (Å²) in [4.78, 5) is 7.21. The molecule has 26 heavy (non-hydrogen) atoms. The zero-order chi connectivity index (χ0) is 17.8. The molecule has 2 aliphatic heterocycles. The van der Waals surface area contributed by atoms with Crippen LogP contribution >= 0.6 is 0 Å². The van der Waals surface area contributed by atoms with Crippen LogP contribution in [0.5, 0.6) is 0 Å². The Morgan fingerprint density at radius 1 is 1.08 bits per heavy atom. The SMILES string of the molecule is Cc1ccccc1C1CCN(CC[C@@H]2CCc3cccnc3CN2)CC1. The highest BCUT2D eigenvalue weighted by Crippen LogP contribution is 2.30. The Labute approximate surface area is 157 Å². The fourth-order valence-corrected chi connectivity index (χ4v) is 4.63. The van der Waals surface area contributed by atoms with Crippen molar-refractivity contribution in [1.29, 1.82) is 0 Å². The highest BCUT2D eigenvalue weighted by molar-refractivity contribution is 5.29. The van der Waals surface area contributed by atoms with Gasteiger partial charge in [0.1, 0.15) is 0 Å². The largest absolute Gasteiger partial charge is 0.308 e. The molecular formula is C23H31N3. The number of benzene rings is 1. The maximum atomic E-state index is 4.53. The highest BCUT2D eigenvalue weighted by atomic mass is 15.1. The molecule has 0 amide bonds. The molecule has 0 saturated carbocycles. The molecular weight excluding hydrogens is 318 g/mol. The second kappa shape index (κ2) is 8.32. The summed E-state index contributed by atoms with van der Waals surface area (Å²) >= 11 is 0. The summed E-state index contributed by atoms with van der Waals surface area (Å²) in [6.45, 7) is 6.89. The van der Waals surface area contributed by atoms with Gasteiger partial charge in [-0.3, -0.25) is 4.98 Å². The minimum atomic E-state index is 0.623. The zero-order valence-corrected chi connectivity index (χ0v) is 16.0. The van der Waals surface area contributed by atoms with Gasteiger partial charge in [-0.15, -0.1) is 0 Å². The first kappa shape index (κ1) is 17.7. The first-order valence-corrected chi connectivity index (χ1v) is 10.2. The standard InChI is InChI=1S/C23H31N3/c1-18-5-2-3-7-22(18)19-10-14-26(15-11-19)16-12-21-9-8-20-6-4-13-24-23(20)17-25-21/h2-7,13,19,21,25H,8-12,14-17H2,1H3/t21-/m0/s1. The molecule has 0 unspecified atom stereocenters. The van der Waals surface area contributed by atoms with Gasteiger partial charge in [0.05, 0.1) is 5.69 Å². The van der Waals surface area contributed by atoms with Crippen molar-refractivity contribution in [3.05, 3.63) is 65.0 Å². The summed E-state index contributed by atoms with van der Waals surface area (Å²) in [7, 11) is 0. The third-order valence-corrected chi connectivity index (χ3v) is 6.31. The smallest absolute Gasteiger partial charge is 0.0573 e.